The second kappa shape index (κ2) is 7.22. The molecule has 2 heterocycles. The van der Waals surface area contributed by atoms with Gasteiger partial charge in [0.25, 0.3) is 0 Å². The summed E-state index contributed by atoms with van der Waals surface area (Å²) in [7, 11) is 0. The second-order valence-corrected chi connectivity index (χ2v) is 6.39. The standard InChI is InChI=1S/C19H21NO6/c20-12-6-8-13(9-7-12)24-19-16(22)15(21)17-14(25-19)10-23-18(26-17)11-4-2-1-3-5-11/h1-9,14-19,21-22H,10,20H2/t14-,15-,16-,17-,18-,19-/m1/s1. The van der Waals surface area contributed by atoms with Crippen molar-refractivity contribution in [3.05, 3.63) is 60.2 Å². The molecule has 0 bridgehead atoms. The molecule has 26 heavy (non-hydrogen) atoms. The SMILES string of the molecule is Nc1ccc(O[C@@H]2O[C@@H]3CO[C@@H](c4ccccc4)O[C@H]3[C@H](O)[C@H]2O)cc1. The minimum absolute atomic E-state index is 0.218. The van der Waals surface area contributed by atoms with E-state index in [0.29, 0.717) is 11.4 Å². The van der Waals surface area contributed by atoms with E-state index in [1.807, 2.05) is 30.3 Å². The minimum Gasteiger partial charge on any atom is -0.462 e. The van der Waals surface area contributed by atoms with Crippen LogP contribution >= 0.6 is 0 Å². The highest BCUT2D eigenvalue weighted by Crippen LogP contribution is 2.34. The van der Waals surface area contributed by atoms with Gasteiger partial charge in [-0.2, -0.15) is 0 Å². The molecule has 0 spiro atoms. The topological polar surface area (TPSA) is 103 Å². The lowest BCUT2D eigenvalue weighted by molar-refractivity contribution is -0.350. The van der Waals surface area contributed by atoms with Crippen LogP contribution in [0.4, 0.5) is 5.69 Å². The lowest BCUT2D eigenvalue weighted by Gasteiger charge is -2.46. The molecule has 2 aliphatic heterocycles. The van der Waals surface area contributed by atoms with Crippen molar-refractivity contribution in [3.8, 4) is 5.75 Å². The summed E-state index contributed by atoms with van der Waals surface area (Å²) < 4.78 is 23.0. The number of anilines is 1. The van der Waals surface area contributed by atoms with E-state index in [1.165, 1.54) is 0 Å². The summed E-state index contributed by atoms with van der Waals surface area (Å²) in [4.78, 5) is 0. The first kappa shape index (κ1) is 17.3. The van der Waals surface area contributed by atoms with Gasteiger partial charge in [0.05, 0.1) is 6.61 Å². The van der Waals surface area contributed by atoms with Gasteiger partial charge in [0.2, 0.25) is 6.29 Å². The van der Waals surface area contributed by atoms with Crippen molar-refractivity contribution in [1.82, 2.24) is 0 Å². The molecule has 7 nitrogen and oxygen atoms in total. The van der Waals surface area contributed by atoms with Gasteiger partial charge in [-0.25, -0.2) is 0 Å². The van der Waals surface area contributed by atoms with Crippen LogP contribution in [-0.2, 0) is 14.2 Å². The summed E-state index contributed by atoms with van der Waals surface area (Å²) in [5.74, 6) is 0.480. The molecule has 7 heteroatoms. The van der Waals surface area contributed by atoms with E-state index < -0.39 is 37.0 Å². The third-order valence-corrected chi connectivity index (χ3v) is 4.54. The van der Waals surface area contributed by atoms with Crippen LogP contribution in [0.2, 0.25) is 0 Å². The number of fused-ring (bicyclic) bond motifs is 1. The molecule has 0 aliphatic carbocycles. The van der Waals surface area contributed by atoms with E-state index in [0.717, 1.165) is 5.56 Å². The van der Waals surface area contributed by atoms with Gasteiger partial charge >= 0.3 is 0 Å². The fourth-order valence-electron chi connectivity index (χ4n) is 3.13. The van der Waals surface area contributed by atoms with E-state index in [2.05, 4.69) is 0 Å². The molecule has 2 aliphatic rings. The number of aliphatic hydroxyl groups excluding tert-OH is 2. The molecular weight excluding hydrogens is 338 g/mol. The fraction of sp³-hybridized carbons (Fsp3) is 0.368. The molecule has 2 fully saturated rings. The van der Waals surface area contributed by atoms with Crippen molar-refractivity contribution in [1.29, 1.82) is 0 Å². The predicted molar refractivity (Wildman–Crippen MR) is 92.2 cm³/mol. The zero-order valence-corrected chi connectivity index (χ0v) is 14.0. The Morgan fingerprint density at radius 2 is 1.65 bits per heavy atom. The van der Waals surface area contributed by atoms with Gasteiger partial charge in [0, 0.05) is 11.3 Å². The summed E-state index contributed by atoms with van der Waals surface area (Å²) >= 11 is 0. The molecular formula is C19H21NO6. The molecule has 0 amide bonds. The molecule has 0 aromatic heterocycles. The van der Waals surface area contributed by atoms with Gasteiger partial charge in [-0.15, -0.1) is 0 Å². The normalized spacial score (nSPS) is 34.1. The molecule has 6 atom stereocenters. The van der Waals surface area contributed by atoms with Crippen molar-refractivity contribution in [3.63, 3.8) is 0 Å². The summed E-state index contributed by atoms with van der Waals surface area (Å²) in [6.45, 7) is 0.218. The van der Waals surface area contributed by atoms with E-state index in [4.69, 9.17) is 24.7 Å². The molecule has 0 saturated carbocycles. The van der Waals surface area contributed by atoms with Gasteiger partial charge < -0.3 is 34.9 Å². The van der Waals surface area contributed by atoms with Gasteiger partial charge in [0.1, 0.15) is 30.2 Å². The van der Waals surface area contributed by atoms with Crippen molar-refractivity contribution >= 4 is 5.69 Å². The maximum absolute atomic E-state index is 10.5. The Labute approximate surface area is 150 Å². The lowest BCUT2D eigenvalue weighted by atomic mass is 9.98. The molecule has 4 rings (SSSR count). The van der Waals surface area contributed by atoms with Crippen LogP contribution in [0, 0.1) is 0 Å². The highest BCUT2D eigenvalue weighted by atomic mass is 16.8. The smallest absolute Gasteiger partial charge is 0.229 e. The van der Waals surface area contributed by atoms with Crippen molar-refractivity contribution in [2.75, 3.05) is 12.3 Å². The first-order valence-corrected chi connectivity index (χ1v) is 8.47. The van der Waals surface area contributed by atoms with Crippen LogP contribution in [0.1, 0.15) is 11.9 Å². The highest BCUT2D eigenvalue weighted by Gasteiger charge is 2.49. The summed E-state index contributed by atoms with van der Waals surface area (Å²) in [5.41, 5.74) is 7.09. The summed E-state index contributed by atoms with van der Waals surface area (Å²) in [6.07, 6.45) is -5.33. The number of nitrogens with two attached hydrogens (primary N) is 1. The average molecular weight is 359 g/mol. The predicted octanol–water partition coefficient (Wildman–Crippen LogP) is 1.21. The summed E-state index contributed by atoms with van der Waals surface area (Å²) in [5, 5.41) is 20.9. The van der Waals surface area contributed by atoms with Crippen LogP contribution < -0.4 is 10.5 Å². The maximum Gasteiger partial charge on any atom is 0.229 e. The number of hydrogen-bond acceptors (Lipinski definition) is 7. The monoisotopic (exact) mass is 359 g/mol. The zero-order valence-electron chi connectivity index (χ0n) is 14.0. The van der Waals surface area contributed by atoms with E-state index in [1.54, 1.807) is 24.3 Å². The van der Waals surface area contributed by atoms with E-state index >= 15 is 0 Å². The van der Waals surface area contributed by atoms with Crippen LogP contribution in [0.25, 0.3) is 0 Å². The number of hydrogen-bond donors (Lipinski definition) is 3. The van der Waals surface area contributed by atoms with Crippen molar-refractivity contribution < 1.29 is 29.2 Å². The van der Waals surface area contributed by atoms with E-state index in [9.17, 15) is 10.2 Å². The van der Waals surface area contributed by atoms with Gasteiger partial charge in [0.15, 0.2) is 6.29 Å². The average Bonchev–Trinajstić information content (AvgIpc) is 2.68. The number of aliphatic hydroxyl groups is 2. The third-order valence-electron chi connectivity index (χ3n) is 4.54. The molecule has 138 valence electrons. The van der Waals surface area contributed by atoms with Crippen molar-refractivity contribution in [2.45, 2.75) is 37.0 Å². The number of benzene rings is 2. The number of nitrogen functional groups attached to an aromatic ring is 1. The number of rotatable bonds is 3. The lowest BCUT2D eigenvalue weighted by Crippen LogP contribution is -2.62. The van der Waals surface area contributed by atoms with Gasteiger partial charge in [-0.3, -0.25) is 0 Å². The molecule has 0 unspecified atom stereocenters. The Balaban J connectivity index is 1.45. The van der Waals surface area contributed by atoms with Crippen LogP contribution in [0.3, 0.4) is 0 Å². The Bertz CT molecular complexity index is 723. The van der Waals surface area contributed by atoms with Crippen LogP contribution in [0.15, 0.2) is 54.6 Å². The second-order valence-electron chi connectivity index (χ2n) is 6.39. The Kier molecular flexibility index (Phi) is 4.80. The van der Waals surface area contributed by atoms with Crippen LogP contribution in [-0.4, -0.2) is 47.5 Å². The Hall–Kier alpha value is -2.16. The maximum atomic E-state index is 10.5. The minimum atomic E-state index is -1.26. The molecule has 0 radical (unpaired) electrons. The van der Waals surface area contributed by atoms with Crippen LogP contribution in [0.5, 0.6) is 5.75 Å². The molecule has 2 aromatic rings. The quantitative estimate of drug-likeness (QED) is 0.708. The van der Waals surface area contributed by atoms with Gasteiger partial charge in [-0.05, 0) is 24.3 Å². The molecule has 2 saturated heterocycles. The van der Waals surface area contributed by atoms with Gasteiger partial charge in [-0.1, -0.05) is 30.3 Å². The Morgan fingerprint density at radius 3 is 2.38 bits per heavy atom. The number of ether oxygens (including phenoxy) is 4. The largest absolute Gasteiger partial charge is 0.462 e. The van der Waals surface area contributed by atoms with E-state index in [-0.39, 0.29) is 6.61 Å². The zero-order chi connectivity index (χ0) is 18.1. The first-order valence-electron chi connectivity index (χ1n) is 8.47. The highest BCUT2D eigenvalue weighted by molar-refractivity contribution is 5.41. The first-order chi connectivity index (χ1) is 12.6. The fourth-order valence-corrected chi connectivity index (χ4v) is 3.13. The third kappa shape index (κ3) is 3.40. The Morgan fingerprint density at radius 1 is 0.923 bits per heavy atom. The van der Waals surface area contributed by atoms with Crippen molar-refractivity contribution in [2.24, 2.45) is 0 Å². The molecule has 4 N–H and O–H groups in total. The summed E-state index contributed by atoms with van der Waals surface area (Å²) in [6, 6.07) is 16.1. The molecule has 2 aromatic carbocycles.